The summed E-state index contributed by atoms with van der Waals surface area (Å²) in [6, 6.07) is 0. The number of amides is 1. The maximum atomic E-state index is 12.2. The van der Waals surface area contributed by atoms with Crippen molar-refractivity contribution in [1.82, 2.24) is 10.3 Å². The summed E-state index contributed by atoms with van der Waals surface area (Å²) >= 11 is 1.36. The number of hydrogen-bond acceptors (Lipinski definition) is 7. The van der Waals surface area contributed by atoms with Crippen LogP contribution >= 0.6 is 11.3 Å². The predicted octanol–water partition coefficient (Wildman–Crippen LogP) is 0.471. The molecule has 0 radical (unpaired) electrons. The molecule has 2 fully saturated rings. The molecule has 1 unspecified atom stereocenters. The molecule has 0 spiro atoms. The fourth-order valence-corrected chi connectivity index (χ4v) is 3.42. The molecule has 3 rings (SSSR count). The SMILES string of the molecule is Nc1nc(N2CCCC2)sc1C(=O)NCC1COCCO1. The molecule has 2 saturated heterocycles. The van der Waals surface area contributed by atoms with Gasteiger partial charge in [0.05, 0.1) is 25.9 Å². The Morgan fingerprint density at radius 1 is 1.43 bits per heavy atom. The Morgan fingerprint density at radius 3 is 2.95 bits per heavy atom. The van der Waals surface area contributed by atoms with Crippen LogP contribution in [0.15, 0.2) is 0 Å². The van der Waals surface area contributed by atoms with Crippen LogP contribution in [0.25, 0.3) is 0 Å². The fraction of sp³-hybridized carbons (Fsp3) is 0.692. The number of carbonyl (C=O) groups is 1. The van der Waals surface area contributed by atoms with E-state index < -0.39 is 0 Å². The molecule has 0 saturated carbocycles. The number of rotatable bonds is 4. The lowest BCUT2D eigenvalue weighted by molar-refractivity contribution is -0.0855. The third kappa shape index (κ3) is 3.45. The quantitative estimate of drug-likeness (QED) is 0.840. The van der Waals surface area contributed by atoms with Gasteiger partial charge in [-0.25, -0.2) is 4.98 Å². The van der Waals surface area contributed by atoms with E-state index in [1.807, 2.05) is 0 Å². The van der Waals surface area contributed by atoms with E-state index in [4.69, 9.17) is 15.2 Å². The summed E-state index contributed by atoms with van der Waals surface area (Å²) < 4.78 is 10.8. The lowest BCUT2D eigenvalue weighted by atomic mass is 10.3. The van der Waals surface area contributed by atoms with Crippen LogP contribution in [0.4, 0.5) is 10.9 Å². The van der Waals surface area contributed by atoms with Gasteiger partial charge in [-0.15, -0.1) is 0 Å². The number of nitrogens with one attached hydrogen (secondary N) is 1. The zero-order chi connectivity index (χ0) is 14.7. The van der Waals surface area contributed by atoms with Gasteiger partial charge in [-0.3, -0.25) is 4.79 Å². The van der Waals surface area contributed by atoms with Crippen LogP contribution < -0.4 is 16.0 Å². The highest BCUT2D eigenvalue weighted by atomic mass is 32.1. The van der Waals surface area contributed by atoms with Gasteiger partial charge in [0.25, 0.3) is 5.91 Å². The molecule has 1 aromatic rings. The average molecular weight is 312 g/mol. The van der Waals surface area contributed by atoms with Crippen molar-refractivity contribution >= 4 is 28.2 Å². The molecule has 1 atom stereocenters. The summed E-state index contributed by atoms with van der Waals surface area (Å²) in [5, 5.41) is 3.68. The van der Waals surface area contributed by atoms with Gasteiger partial charge in [-0.2, -0.15) is 0 Å². The Bertz CT molecular complexity index is 496. The summed E-state index contributed by atoms with van der Waals surface area (Å²) in [6.45, 7) is 4.10. The lowest BCUT2D eigenvalue weighted by Gasteiger charge is -2.22. The van der Waals surface area contributed by atoms with Crippen molar-refractivity contribution in [2.24, 2.45) is 0 Å². The van der Waals surface area contributed by atoms with Crippen molar-refractivity contribution in [2.75, 3.05) is 50.1 Å². The normalized spacial score (nSPS) is 22.5. The van der Waals surface area contributed by atoms with E-state index in [-0.39, 0.29) is 12.0 Å². The maximum Gasteiger partial charge on any atom is 0.265 e. The van der Waals surface area contributed by atoms with Gasteiger partial charge in [-0.05, 0) is 12.8 Å². The number of nitrogen functional groups attached to an aromatic ring is 1. The molecule has 21 heavy (non-hydrogen) atoms. The number of carbonyl (C=O) groups excluding carboxylic acids is 1. The number of nitrogens with two attached hydrogens (primary N) is 1. The monoisotopic (exact) mass is 312 g/mol. The van der Waals surface area contributed by atoms with E-state index in [0.29, 0.717) is 37.1 Å². The number of ether oxygens (including phenoxy) is 2. The summed E-state index contributed by atoms with van der Waals surface area (Å²) in [5.74, 6) is 0.116. The topological polar surface area (TPSA) is 89.7 Å². The van der Waals surface area contributed by atoms with Crippen molar-refractivity contribution in [2.45, 2.75) is 18.9 Å². The molecule has 8 heteroatoms. The molecule has 2 aliphatic heterocycles. The van der Waals surface area contributed by atoms with Gasteiger partial charge in [0.15, 0.2) is 5.13 Å². The highest BCUT2D eigenvalue weighted by Crippen LogP contribution is 2.30. The van der Waals surface area contributed by atoms with Crippen LogP contribution in [0.5, 0.6) is 0 Å². The van der Waals surface area contributed by atoms with Gasteiger partial charge in [0.1, 0.15) is 10.7 Å². The van der Waals surface area contributed by atoms with Gasteiger partial charge < -0.3 is 25.4 Å². The number of nitrogens with zero attached hydrogens (tertiary/aromatic N) is 2. The van der Waals surface area contributed by atoms with Crippen molar-refractivity contribution in [3.05, 3.63) is 4.88 Å². The average Bonchev–Trinajstić information content (AvgIpc) is 3.15. The van der Waals surface area contributed by atoms with Crippen LogP contribution in [0, 0.1) is 0 Å². The second kappa shape index (κ2) is 6.59. The summed E-state index contributed by atoms with van der Waals surface area (Å²) in [4.78, 5) is 19.2. The third-order valence-corrected chi connectivity index (χ3v) is 4.73. The molecule has 0 aliphatic carbocycles. The van der Waals surface area contributed by atoms with Crippen LogP contribution in [-0.4, -0.2) is 56.5 Å². The standard InChI is InChI=1S/C13H20N4O3S/c14-11-10(21-13(16-11)17-3-1-2-4-17)12(18)15-7-9-8-19-5-6-20-9/h9H,1-8,14H2,(H,15,18). The Morgan fingerprint density at radius 2 is 2.24 bits per heavy atom. The van der Waals surface area contributed by atoms with Crippen molar-refractivity contribution in [1.29, 1.82) is 0 Å². The van der Waals surface area contributed by atoms with Crippen LogP contribution in [0.3, 0.4) is 0 Å². The second-order valence-electron chi connectivity index (χ2n) is 5.18. The first-order valence-electron chi connectivity index (χ1n) is 7.23. The molecule has 116 valence electrons. The largest absolute Gasteiger partial charge is 0.382 e. The van der Waals surface area contributed by atoms with Crippen molar-refractivity contribution < 1.29 is 14.3 Å². The van der Waals surface area contributed by atoms with Crippen molar-refractivity contribution in [3.63, 3.8) is 0 Å². The first-order chi connectivity index (χ1) is 10.2. The van der Waals surface area contributed by atoms with Gasteiger partial charge in [0, 0.05) is 19.6 Å². The van der Waals surface area contributed by atoms with Gasteiger partial charge in [0.2, 0.25) is 0 Å². The van der Waals surface area contributed by atoms with Gasteiger partial charge >= 0.3 is 0 Å². The molecule has 1 amide bonds. The smallest absolute Gasteiger partial charge is 0.265 e. The predicted molar refractivity (Wildman–Crippen MR) is 80.9 cm³/mol. The zero-order valence-electron chi connectivity index (χ0n) is 11.8. The number of aromatic nitrogens is 1. The van der Waals surface area contributed by atoms with E-state index in [0.717, 1.165) is 18.2 Å². The van der Waals surface area contributed by atoms with Crippen LogP contribution in [0.1, 0.15) is 22.5 Å². The lowest BCUT2D eigenvalue weighted by Crippen LogP contribution is -2.39. The minimum Gasteiger partial charge on any atom is -0.382 e. The second-order valence-corrected chi connectivity index (χ2v) is 6.16. The molecule has 7 nitrogen and oxygen atoms in total. The van der Waals surface area contributed by atoms with E-state index in [2.05, 4.69) is 15.2 Å². The first-order valence-corrected chi connectivity index (χ1v) is 8.04. The summed E-state index contributed by atoms with van der Waals surface area (Å²) in [5.41, 5.74) is 5.87. The first kappa shape index (κ1) is 14.6. The summed E-state index contributed by atoms with van der Waals surface area (Å²) in [7, 11) is 0. The molecule has 3 N–H and O–H groups in total. The minimum atomic E-state index is -0.190. The Hall–Kier alpha value is -1.38. The zero-order valence-corrected chi connectivity index (χ0v) is 12.7. The van der Waals surface area contributed by atoms with Crippen molar-refractivity contribution in [3.8, 4) is 0 Å². The number of thiazole rings is 1. The molecule has 0 bridgehead atoms. The molecular formula is C13H20N4O3S. The van der Waals surface area contributed by atoms with Gasteiger partial charge in [-0.1, -0.05) is 11.3 Å². The van der Waals surface area contributed by atoms with E-state index in [1.54, 1.807) is 0 Å². The molecular weight excluding hydrogens is 292 g/mol. The van der Waals surface area contributed by atoms with Crippen LogP contribution in [-0.2, 0) is 9.47 Å². The Labute approximate surface area is 127 Å². The van der Waals surface area contributed by atoms with Crippen LogP contribution in [0.2, 0.25) is 0 Å². The van der Waals surface area contributed by atoms with E-state index in [9.17, 15) is 4.79 Å². The molecule has 0 aromatic carbocycles. The number of anilines is 2. The highest BCUT2D eigenvalue weighted by Gasteiger charge is 2.22. The molecule has 2 aliphatic rings. The maximum absolute atomic E-state index is 12.2. The molecule has 1 aromatic heterocycles. The summed E-state index contributed by atoms with van der Waals surface area (Å²) in [6.07, 6.45) is 2.25. The van der Waals surface area contributed by atoms with E-state index in [1.165, 1.54) is 24.2 Å². The Balaban J connectivity index is 1.58. The molecule has 3 heterocycles. The number of hydrogen-bond donors (Lipinski definition) is 2. The minimum absolute atomic E-state index is 0.0881. The Kier molecular flexibility index (Phi) is 4.57. The van der Waals surface area contributed by atoms with E-state index >= 15 is 0 Å². The highest BCUT2D eigenvalue weighted by molar-refractivity contribution is 7.18. The third-order valence-electron chi connectivity index (χ3n) is 3.60. The fourth-order valence-electron chi connectivity index (χ4n) is 2.47.